The SMILES string of the molecule is COc1ccc(C(C)NC(=O)CN(c2cc(Cl)ccc2OC)S(=O)(=O)c2ccc(Cl)cc2)cc1. The van der Waals surface area contributed by atoms with Gasteiger partial charge in [0.2, 0.25) is 5.91 Å². The number of hydrogen-bond donors (Lipinski definition) is 1. The van der Waals surface area contributed by atoms with Crippen molar-refractivity contribution >= 4 is 44.8 Å². The largest absolute Gasteiger partial charge is 0.497 e. The zero-order valence-corrected chi connectivity index (χ0v) is 21.1. The van der Waals surface area contributed by atoms with Crippen LogP contribution < -0.4 is 19.1 Å². The number of halogens is 2. The molecule has 3 aromatic carbocycles. The van der Waals surface area contributed by atoms with Gasteiger partial charge in [-0.25, -0.2) is 8.42 Å². The van der Waals surface area contributed by atoms with E-state index in [1.807, 2.05) is 12.1 Å². The molecule has 1 atom stereocenters. The van der Waals surface area contributed by atoms with Crippen molar-refractivity contribution < 1.29 is 22.7 Å². The summed E-state index contributed by atoms with van der Waals surface area (Å²) in [5.74, 6) is 0.427. The van der Waals surface area contributed by atoms with Crippen LogP contribution in [-0.2, 0) is 14.8 Å². The number of hydrogen-bond acceptors (Lipinski definition) is 5. The average molecular weight is 523 g/mol. The summed E-state index contributed by atoms with van der Waals surface area (Å²) in [5, 5.41) is 3.51. The Labute approximate surface area is 209 Å². The standard InChI is InChI=1S/C24H24Cl2N2O5S/c1-16(17-4-9-20(32-2)10-5-17)27-24(29)15-28(22-14-19(26)8-13-23(22)33-3)34(30,31)21-11-6-18(25)7-12-21/h4-14,16H,15H2,1-3H3,(H,27,29). The number of nitrogens with zero attached hydrogens (tertiary/aromatic N) is 1. The van der Waals surface area contributed by atoms with Crippen molar-refractivity contribution in [1.29, 1.82) is 0 Å². The molecule has 3 rings (SSSR count). The second-order valence-electron chi connectivity index (χ2n) is 7.34. The van der Waals surface area contributed by atoms with E-state index >= 15 is 0 Å². The molecular formula is C24H24Cl2N2O5S. The van der Waals surface area contributed by atoms with Crippen molar-refractivity contribution in [2.75, 3.05) is 25.1 Å². The Bertz CT molecular complexity index is 1250. The summed E-state index contributed by atoms with van der Waals surface area (Å²) in [6.45, 7) is 1.31. The van der Waals surface area contributed by atoms with Crippen molar-refractivity contribution in [3.63, 3.8) is 0 Å². The Hall–Kier alpha value is -2.94. The third kappa shape index (κ3) is 5.94. The van der Waals surface area contributed by atoms with E-state index in [2.05, 4.69) is 5.32 Å². The Morgan fingerprint density at radius 1 is 0.941 bits per heavy atom. The minimum absolute atomic E-state index is 0.0325. The lowest BCUT2D eigenvalue weighted by Gasteiger charge is -2.26. The molecule has 0 saturated carbocycles. The predicted molar refractivity (Wildman–Crippen MR) is 134 cm³/mol. The summed E-state index contributed by atoms with van der Waals surface area (Å²) in [4.78, 5) is 13.0. The van der Waals surface area contributed by atoms with E-state index in [9.17, 15) is 13.2 Å². The summed E-state index contributed by atoms with van der Waals surface area (Å²) in [7, 11) is -1.19. The first-order valence-corrected chi connectivity index (χ1v) is 12.4. The van der Waals surface area contributed by atoms with E-state index in [0.29, 0.717) is 15.8 Å². The van der Waals surface area contributed by atoms with Crippen molar-refractivity contribution in [3.8, 4) is 11.5 Å². The molecule has 1 unspecified atom stereocenters. The van der Waals surface area contributed by atoms with Crippen molar-refractivity contribution in [2.24, 2.45) is 0 Å². The summed E-state index contributed by atoms with van der Waals surface area (Å²) >= 11 is 12.1. The molecule has 0 aromatic heterocycles. The molecule has 0 bridgehead atoms. The monoisotopic (exact) mass is 522 g/mol. The topological polar surface area (TPSA) is 84.9 Å². The van der Waals surface area contributed by atoms with E-state index in [1.165, 1.54) is 37.4 Å². The molecular weight excluding hydrogens is 499 g/mol. The van der Waals surface area contributed by atoms with Gasteiger partial charge in [-0.3, -0.25) is 9.10 Å². The van der Waals surface area contributed by atoms with Crippen molar-refractivity contribution in [1.82, 2.24) is 5.32 Å². The van der Waals surface area contributed by atoms with Gasteiger partial charge in [0.05, 0.1) is 30.8 Å². The van der Waals surface area contributed by atoms with E-state index in [0.717, 1.165) is 9.87 Å². The molecule has 0 aliphatic rings. The van der Waals surface area contributed by atoms with Gasteiger partial charge in [0.15, 0.2) is 0 Å². The first kappa shape index (κ1) is 25.7. The van der Waals surface area contributed by atoms with Crippen LogP contribution in [0.5, 0.6) is 11.5 Å². The van der Waals surface area contributed by atoms with Crippen molar-refractivity contribution in [2.45, 2.75) is 17.9 Å². The number of benzene rings is 3. The number of ether oxygens (including phenoxy) is 2. The van der Waals surface area contributed by atoms with Crippen LogP contribution in [0.1, 0.15) is 18.5 Å². The highest BCUT2D eigenvalue weighted by molar-refractivity contribution is 7.92. The number of anilines is 1. The second kappa shape index (κ2) is 11.0. The van der Waals surface area contributed by atoms with E-state index in [1.54, 1.807) is 38.3 Å². The first-order chi connectivity index (χ1) is 16.1. The molecule has 0 aliphatic carbocycles. The lowest BCUT2D eigenvalue weighted by molar-refractivity contribution is -0.120. The number of methoxy groups -OCH3 is 2. The van der Waals surface area contributed by atoms with Gasteiger partial charge in [-0.2, -0.15) is 0 Å². The van der Waals surface area contributed by atoms with Crippen LogP contribution in [0.25, 0.3) is 0 Å². The number of rotatable bonds is 9. The molecule has 1 amide bonds. The molecule has 180 valence electrons. The third-order valence-corrected chi connectivity index (χ3v) is 7.35. The number of carbonyl (C=O) groups is 1. The minimum atomic E-state index is -4.17. The van der Waals surface area contributed by atoms with Gasteiger partial charge >= 0.3 is 0 Å². The van der Waals surface area contributed by atoms with Crippen molar-refractivity contribution in [3.05, 3.63) is 82.3 Å². The number of nitrogens with one attached hydrogen (secondary N) is 1. The Morgan fingerprint density at radius 3 is 2.15 bits per heavy atom. The number of amides is 1. The van der Waals surface area contributed by atoms with Gasteiger partial charge in [-0.1, -0.05) is 35.3 Å². The lowest BCUT2D eigenvalue weighted by Crippen LogP contribution is -2.41. The van der Waals surface area contributed by atoms with Gasteiger partial charge in [-0.15, -0.1) is 0 Å². The maximum Gasteiger partial charge on any atom is 0.264 e. The van der Waals surface area contributed by atoms with Crippen LogP contribution in [0, 0.1) is 0 Å². The van der Waals surface area contributed by atoms with Crippen LogP contribution in [0.3, 0.4) is 0 Å². The van der Waals surface area contributed by atoms with Crippen LogP contribution in [-0.4, -0.2) is 35.1 Å². The summed E-state index contributed by atoms with van der Waals surface area (Å²) in [6.07, 6.45) is 0. The molecule has 0 spiro atoms. The Balaban J connectivity index is 1.94. The van der Waals surface area contributed by atoms with E-state index in [4.69, 9.17) is 32.7 Å². The highest BCUT2D eigenvalue weighted by Gasteiger charge is 2.30. The molecule has 34 heavy (non-hydrogen) atoms. The maximum absolute atomic E-state index is 13.6. The normalized spacial score (nSPS) is 12.0. The van der Waals surface area contributed by atoms with Gasteiger partial charge in [0.25, 0.3) is 10.0 Å². The lowest BCUT2D eigenvalue weighted by atomic mass is 10.1. The quantitative estimate of drug-likeness (QED) is 0.423. The van der Waals surface area contributed by atoms with Crippen LogP contribution in [0.2, 0.25) is 10.0 Å². The molecule has 0 aliphatic heterocycles. The highest BCUT2D eigenvalue weighted by Crippen LogP contribution is 2.35. The Morgan fingerprint density at radius 2 is 1.56 bits per heavy atom. The highest BCUT2D eigenvalue weighted by atomic mass is 35.5. The minimum Gasteiger partial charge on any atom is -0.497 e. The third-order valence-electron chi connectivity index (χ3n) is 5.09. The molecule has 0 fully saturated rings. The zero-order valence-electron chi connectivity index (χ0n) is 18.8. The summed E-state index contributed by atoms with van der Waals surface area (Å²) < 4.78 is 38.6. The fourth-order valence-electron chi connectivity index (χ4n) is 3.28. The molecule has 0 heterocycles. The zero-order chi connectivity index (χ0) is 24.9. The second-order valence-corrected chi connectivity index (χ2v) is 10.1. The van der Waals surface area contributed by atoms with Gasteiger partial charge in [0, 0.05) is 10.0 Å². The van der Waals surface area contributed by atoms with Gasteiger partial charge in [-0.05, 0) is 67.1 Å². The molecule has 10 heteroatoms. The molecule has 7 nitrogen and oxygen atoms in total. The fraction of sp³-hybridized carbons (Fsp3) is 0.208. The number of carbonyl (C=O) groups excluding carboxylic acids is 1. The number of sulfonamides is 1. The molecule has 0 radical (unpaired) electrons. The molecule has 1 N–H and O–H groups in total. The van der Waals surface area contributed by atoms with Gasteiger partial charge < -0.3 is 14.8 Å². The summed E-state index contributed by atoms with van der Waals surface area (Å²) in [5.41, 5.74) is 0.971. The predicted octanol–water partition coefficient (Wildman–Crippen LogP) is 5.08. The van der Waals surface area contributed by atoms with Crippen LogP contribution in [0.4, 0.5) is 5.69 Å². The summed E-state index contributed by atoms with van der Waals surface area (Å²) in [6, 6.07) is 17.1. The van der Waals surface area contributed by atoms with Crippen LogP contribution in [0.15, 0.2) is 71.6 Å². The Kier molecular flexibility index (Phi) is 8.30. The first-order valence-electron chi connectivity index (χ1n) is 10.2. The van der Waals surface area contributed by atoms with Crippen LogP contribution >= 0.6 is 23.2 Å². The molecule has 0 saturated heterocycles. The van der Waals surface area contributed by atoms with Gasteiger partial charge in [0.1, 0.15) is 18.0 Å². The van der Waals surface area contributed by atoms with E-state index in [-0.39, 0.29) is 22.4 Å². The van der Waals surface area contributed by atoms with E-state index < -0.39 is 22.5 Å². The average Bonchev–Trinajstić information content (AvgIpc) is 2.82. The smallest absolute Gasteiger partial charge is 0.264 e. The fourth-order valence-corrected chi connectivity index (χ4v) is 5.00. The maximum atomic E-state index is 13.6. The molecule has 3 aromatic rings.